The lowest BCUT2D eigenvalue weighted by Crippen LogP contribution is -2.29. The normalized spacial score (nSPS) is 10.7. The van der Waals surface area contributed by atoms with Crippen LogP contribution in [0.2, 0.25) is 0 Å². The van der Waals surface area contributed by atoms with Gasteiger partial charge in [-0.1, -0.05) is 29.8 Å². The summed E-state index contributed by atoms with van der Waals surface area (Å²) in [4.78, 5) is 4.60. The van der Waals surface area contributed by atoms with Gasteiger partial charge in [-0.2, -0.15) is 9.46 Å². The molecule has 132 valence electrons. The van der Waals surface area contributed by atoms with Crippen LogP contribution in [-0.4, -0.2) is 4.98 Å². The Hall–Kier alpha value is -3.73. The number of nitrogens with zero attached hydrogens (tertiary/aromatic N) is 3. The maximum atomic E-state index is 12.2. The summed E-state index contributed by atoms with van der Waals surface area (Å²) in [5, 5.41) is 24.5. The minimum absolute atomic E-state index is 0.432. The van der Waals surface area contributed by atoms with Crippen molar-refractivity contribution in [2.24, 2.45) is 0 Å². The van der Waals surface area contributed by atoms with Crippen molar-refractivity contribution in [3.05, 3.63) is 101 Å². The molecule has 0 aliphatic carbocycles. The van der Waals surface area contributed by atoms with Crippen LogP contribution in [0.1, 0.15) is 5.56 Å². The van der Waals surface area contributed by atoms with E-state index in [-0.39, 0.29) is 0 Å². The molecule has 4 aromatic rings. The maximum Gasteiger partial charge on any atom is 0.242 e. The van der Waals surface area contributed by atoms with E-state index in [0.717, 1.165) is 26.2 Å². The van der Waals surface area contributed by atoms with Crippen LogP contribution in [0, 0.1) is 17.3 Å². The first-order chi connectivity index (χ1) is 13.1. The van der Waals surface area contributed by atoms with Crippen LogP contribution < -0.4 is 9.46 Å². The molecule has 3 heterocycles. The van der Waals surface area contributed by atoms with E-state index in [1.54, 1.807) is 36.4 Å². The number of hydrogen-bond donors (Lipinski definition) is 0. The van der Waals surface area contributed by atoms with Crippen LogP contribution in [0.5, 0.6) is 0 Å². The Morgan fingerprint density at radius 3 is 1.67 bits per heavy atom. The standard InChI is InChI=1S/C22H17N3O2/c1-16-8-10-17(11-9-16)18-14-19(21-6-2-4-12-24(21)26)23-20(15-18)22-7-3-5-13-25(22)27/h2-15H,1H3. The van der Waals surface area contributed by atoms with Crippen molar-refractivity contribution in [2.75, 3.05) is 0 Å². The van der Waals surface area contributed by atoms with Gasteiger partial charge in [0.25, 0.3) is 0 Å². The summed E-state index contributed by atoms with van der Waals surface area (Å²) in [7, 11) is 0. The molecule has 27 heavy (non-hydrogen) atoms. The second-order valence-electron chi connectivity index (χ2n) is 6.32. The van der Waals surface area contributed by atoms with Gasteiger partial charge in [0.05, 0.1) is 0 Å². The predicted molar refractivity (Wildman–Crippen MR) is 103 cm³/mol. The van der Waals surface area contributed by atoms with Crippen molar-refractivity contribution in [1.29, 1.82) is 0 Å². The van der Waals surface area contributed by atoms with E-state index in [1.807, 2.05) is 43.3 Å². The molecule has 0 saturated carbocycles. The highest BCUT2D eigenvalue weighted by molar-refractivity contribution is 5.73. The third kappa shape index (κ3) is 3.35. The number of pyridine rings is 3. The van der Waals surface area contributed by atoms with Crippen molar-refractivity contribution < 1.29 is 9.46 Å². The molecule has 1 aromatic carbocycles. The van der Waals surface area contributed by atoms with Crippen molar-refractivity contribution in [2.45, 2.75) is 6.92 Å². The Bertz CT molecular complexity index is 1040. The van der Waals surface area contributed by atoms with Crippen LogP contribution in [0.15, 0.2) is 85.2 Å². The Balaban J connectivity index is 1.95. The number of hydrogen-bond acceptors (Lipinski definition) is 3. The Kier molecular flexibility index (Phi) is 4.26. The highest BCUT2D eigenvalue weighted by Crippen LogP contribution is 2.28. The lowest BCUT2D eigenvalue weighted by atomic mass is 10.0. The second kappa shape index (κ2) is 6.88. The topological polar surface area (TPSA) is 66.8 Å². The van der Waals surface area contributed by atoms with Crippen LogP contribution in [0.3, 0.4) is 0 Å². The van der Waals surface area contributed by atoms with Gasteiger partial charge in [-0.05, 0) is 42.3 Å². The van der Waals surface area contributed by atoms with E-state index in [9.17, 15) is 10.4 Å². The lowest BCUT2D eigenvalue weighted by molar-refractivity contribution is -0.594. The molecule has 3 aromatic heterocycles. The van der Waals surface area contributed by atoms with Gasteiger partial charge in [0, 0.05) is 24.3 Å². The third-order valence-corrected chi connectivity index (χ3v) is 4.38. The molecule has 0 unspecified atom stereocenters. The number of aromatic nitrogens is 3. The van der Waals surface area contributed by atoms with Gasteiger partial charge in [-0.25, -0.2) is 4.98 Å². The smallest absolute Gasteiger partial charge is 0.242 e. The van der Waals surface area contributed by atoms with Gasteiger partial charge in [-0.3, -0.25) is 0 Å². The molecule has 0 bridgehead atoms. The van der Waals surface area contributed by atoms with Crippen molar-refractivity contribution in [1.82, 2.24) is 4.98 Å². The number of benzene rings is 1. The summed E-state index contributed by atoms with van der Waals surface area (Å²) < 4.78 is 1.56. The second-order valence-corrected chi connectivity index (χ2v) is 6.32. The molecule has 0 spiro atoms. The zero-order valence-electron chi connectivity index (χ0n) is 14.7. The van der Waals surface area contributed by atoms with Gasteiger partial charge < -0.3 is 10.4 Å². The molecular formula is C22H17N3O2. The van der Waals surface area contributed by atoms with Crippen molar-refractivity contribution in [3.8, 4) is 33.9 Å². The fourth-order valence-corrected chi connectivity index (χ4v) is 2.96. The molecule has 4 rings (SSSR count). The Morgan fingerprint density at radius 2 is 1.19 bits per heavy atom. The van der Waals surface area contributed by atoms with Gasteiger partial charge in [0.2, 0.25) is 11.4 Å². The fourth-order valence-electron chi connectivity index (χ4n) is 2.96. The summed E-state index contributed by atoms with van der Waals surface area (Å²) in [6.45, 7) is 2.03. The van der Waals surface area contributed by atoms with Crippen LogP contribution in [0.25, 0.3) is 33.9 Å². The SMILES string of the molecule is Cc1ccc(-c2cc(-c3cccc[n+]3[O-])nc(-c3cccc[n+]3[O-])c2)cc1. The summed E-state index contributed by atoms with van der Waals surface area (Å²) >= 11 is 0. The molecule has 5 heteroatoms. The molecule has 0 aliphatic rings. The highest BCUT2D eigenvalue weighted by Gasteiger charge is 2.17. The number of aryl methyl sites for hydroxylation is 1. The number of rotatable bonds is 3. The zero-order chi connectivity index (χ0) is 18.8. The first-order valence-corrected chi connectivity index (χ1v) is 8.58. The molecule has 0 aliphatic heterocycles. The van der Waals surface area contributed by atoms with Gasteiger partial charge in [-0.15, -0.1) is 0 Å². The summed E-state index contributed by atoms with van der Waals surface area (Å²) in [6, 6.07) is 22.2. The van der Waals surface area contributed by atoms with Gasteiger partial charge in [0.1, 0.15) is 11.4 Å². The van der Waals surface area contributed by atoms with Gasteiger partial charge >= 0.3 is 0 Å². The minimum Gasteiger partial charge on any atom is -0.618 e. The molecule has 0 amide bonds. The van der Waals surface area contributed by atoms with E-state index in [1.165, 1.54) is 12.4 Å². The zero-order valence-corrected chi connectivity index (χ0v) is 14.7. The molecule has 0 atom stereocenters. The van der Waals surface area contributed by atoms with Crippen LogP contribution in [-0.2, 0) is 0 Å². The summed E-state index contributed by atoms with van der Waals surface area (Å²) in [5.74, 6) is 0. The third-order valence-electron chi connectivity index (χ3n) is 4.38. The minimum atomic E-state index is 0.432. The molecular weight excluding hydrogens is 338 g/mol. The van der Waals surface area contributed by atoms with E-state index < -0.39 is 0 Å². The lowest BCUT2D eigenvalue weighted by Gasteiger charge is -2.10. The molecule has 0 saturated heterocycles. The van der Waals surface area contributed by atoms with E-state index in [0.29, 0.717) is 22.8 Å². The predicted octanol–water partition coefficient (Wildman–Crippen LogP) is 3.66. The average molecular weight is 355 g/mol. The van der Waals surface area contributed by atoms with Crippen LogP contribution in [0.4, 0.5) is 0 Å². The highest BCUT2D eigenvalue weighted by atomic mass is 16.5. The Morgan fingerprint density at radius 1 is 0.667 bits per heavy atom. The van der Waals surface area contributed by atoms with Crippen LogP contribution >= 0.6 is 0 Å². The molecule has 5 nitrogen and oxygen atoms in total. The van der Waals surface area contributed by atoms with Crippen molar-refractivity contribution >= 4 is 0 Å². The van der Waals surface area contributed by atoms with E-state index >= 15 is 0 Å². The van der Waals surface area contributed by atoms with E-state index in [2.05, 4.69) is 4.98 Å². The first kappa shape index (κ1) is 16.7. The van der Waals surface area contributed by atoms with Crippen molar-refractivity contribution in [3.63, 3.8) is 0 Å². The Labute approximate surface area is 157 Å². The maximum absolute atomic E-state index is 12.2. The monoisotopic (exact) mass is 355 g/mol. The molecule has 0 radical (unpaired) electrons. The first-order valence-electron chi connectivity index (χ1n) is 8.58. The summed E-state index contributed by atoms with van der Waals surface area (Å²) in [6.07, 6.45) is 2.87. The quantitative estimate of drug-likeness (QED) is 0.416. The summed E-state index contributed by atoms with van der Waals surface area (Å²) in [5.41, 5.74) is 4.94. The van der Waals surface area contributed by atoms with E-state index in [4.69, 9.17) is 0 Å². The average Bonchev–Trinajstić information content (AvgIpc) is 2.69. The van der Waals surface area contributed by atoms with Gasteiger partial charge in [0.15, 0.2) is 12.4 Å². The molecule has 0 N–H and O–H groups in total. The molecule has 0 fully saturated rings. The fraction of sp³-hybridized carbons (Fsp3) is 0.0455. The largest absolute Gasteiger partial charge is 0.618 e.